The van der Waals surface area contributed by atoms with E-state index in [1.54, 1.807) is 24.3 Å². The van der Waals surface area contributed by atoms with Crippen LogP contribution in [0.25, 0.3) is 16.8 Å². The summed E-state index contributed by atoms with van der Waals surface area (Å²) in [6, 6.07) is 10.7. The van der Waals surface area contributed by atoms with Gasteiger partial charge in [0.05, 0.1) is 27.9 Å². The average molecular weight is 380 g/mol. The molecule has 0 spiro atoms. The van der Waals surface area contributed by atoms with E-state index in [1.807, 2.05) is 0 Å². The molecule has 0 unspecified atom stereocenters. The number of oxazole rings is 1. The summed E-state index contributed by atoms with van der Waals surface area (Å²) < 4.78 is 7.62. The predicted octanol–water partition coefficient (Wildman–Crippen LogP) is 1.72. The molecule has 140 valence electrons. The van der Waals surface area contributed by atoms with Gasteiger partial charge in [0.25, 0.3) is 5.69 Å². The van der Waals surface area contributed by atoms with Crippen molar-refractivity contribution in [1.82, 2.24) is 19.3 Å². The first-order valence-corrected chi connectivity index (χ1v) is 8.04. The number of non-ortho nitro benzene ring substituents is 1. The van der Waals surface area contributed by atoms with E-state index in [2.05, 4.69) is 15.4 Å². The molecule has 0 saturated heterocycles. The van der Waals surface area contributed by atoms with Crippen LogP contribution in [0.5, 0.6) is 0 Å². The Morgan fingerprint density at radius 1 is 1.25 bits per heavy atom. The normalized spacial score (nSPS) is 10.9. The fraction of sp³-hybridized carbons (Fsp3) is 0.0588. The molecule has 0 atom stereocenters. The topological polar surface area (TPSA) is 138 Å². The summed E-state index contributed by atoms with van der Waals surface area (Å²) in [5, 5.41) is 17.6. The van der Waals surface area contributed by atoms with E-state index >= 15 is 0 Å². The summed E-state index contributed by atoms with van der Waals surface area (Å²) in [7, 11) is 0. The molecule has 2 aromatic carbocycles. The van der Waals surface area contributed by atoms with Crippen LogP contribution in [0.15, 0.2) is 64.3 Å². The van der Waals surface area contributed by atoms with Crippen LogP contribution < -0.4 is 11.1 Å². The number of carbonyl (C=O) groups is 1. The van der Waals surface area contributed by atoms with Crippen molar-refractivity contribution >= 4 is 28.4 Å². The van der Waals surface area contributed by atoms with E-state index in [0.29, 0.717) is 11.4 Å². The second-order valence-electron chi connectivity index (χ2n) is 5.77. The zero-order chi connectivity index (χ0) is 19.7. The zero-order valence-corrected chi connectivity index (χ0v) is 14.2. The van der Waals surface area contributed by atoms with Crippen LogP contribution in [0.2, 0.25) is 0 Å². The van der Waals surface area contributed by atoms with E-state index in [4.69, 9.17) is 4.42 Å². The van der Waals surface area contributed by atoms with Gasteiger partial charge in [0.1, 0.15) is 19.2 Å². The van der Waals surface area contributed by atoms with Crippen molar-refractivity contribution in [2.45, 2.75) is 6.54 Å². The standard InChI is InChI=1S/C17H12N6O5/c24-16(20-12-3-1-2-4-13(12)22-10-18-9-19-22)8-21-14-6-5-11(23(26)27)7-15(14)28-17(21)25/h1-7,9-10H,8H2,(H,20,24). The Morgan fingerprint density at radius 3 is 2.82 bits per heavy atom. The van der Waals surface area contributed by atoms with Gasteiger partial charge in [-0.25, -0.2) is 14.5 Å². The van der Waals surface area contributed by atoms with Crippen molar-refractivity contribution in [2.75, 3.05) is 5.32 Å². The van der Waals surface area contributed by atoms with Gasteiger partial charge in [-0.3, -0.25) is 19.5 Å². The molecule has 2 aromatic heterocycles. The molecule has 0 aliphatic carbocycles. The highest BCUT2D eigenvalue weighted by atomic mass is 16.6. The number of benzene rings is 2. The molecular weight excluding hydrogens is 368 g/mol. The number of carbonyl (C=O) groups excluding carboxylic acids is 1. The Balaban J connectivity index is 1.61. The summed E-state index contributed by atoms with van der Waals surface area (Å²) in [5.74, 6) is -1.26. The Bertz CT molecular complexity index is 1240. The van der Waals surface area contributed by atoms with Crippen LogP contribution in [0.3, 0.4) is 0 Å². The number of amides is 1. The lowest BCUT2D eigenvalue weighted by Gasteiger charge is -2.10. The Labute approximate surface area is 156 Å². The number of hydrogen-bond acceptors (Lipinski definition) is 7. The second-order valence-corrected chi connectivity index (χ2v) is 5.77. The number of nitrogens with one attached hydrogen (secondary N) is 1. The first-order valence-electron chi connectivity index (χ1n) is 8.04. The summed E-state index contributed by atoms with van der Waals surface area (Å²) in [6.45, 7) is -0.324. The smallest absolute Gasteiger partial charge is 0.407 e. The third kappa shape index (κ3) is 3.11. The van der Waals surface area contributed by atoms with Crippen LogP contribution in [-0.2, 0) is 11.3 Å². The minimum absolute atomic E-state index is 0.0371. The molecule has 0 radical (unpaired) electrons. The van der Waals surface area contributed by atoms with Crippen LogP contribution >= 0.6 is 0 Å². The summed E-state index contributed by atoms with van der Waals surface area (Å²) >= 11 is 0. The Kier molecular flexibility index (Phi) is 4.16. The molecule has 0 bridgehead atoms. The lowest BCUT2D eigenvalue weighted by Crippen LogP contribution is -2.25. The van der Waals surface area contributed by atoms with Crippen molar-refractivity contribution in [3.05, 3.63) is 75.8 Å². The van der Waals surface area contributed by atoms with Crippen molar-refractivity contribution in [1.29, 1.82) is 0 Å². The fourth-order valence-electron chi connectivity index (χ4n) is 2.76. The maximum Gasteiger partial charge on any atom is 0.420 e. The van der Waals surface area contributed by atoms with Gasteiger partial charge < -0.3 is 9.73 Å². The van der Waals surface area contributed by atoms with Gasteiger partial charge >= 0.3 is 5.76 Å². The molecule has 2 heterocycles. The lowest BCUT2D eigenvalue weighted by molar-refractivity contribution is -0.384. The number of anilines is 1. The van der Waals surface area contributed by atoms with Gasteiger partial charge in [-0.1, -0.05) is 12.1 Å². The number of nitrogens with zero attached hydrogens (tertiary/aromatic N) is 5. The first kappa shape index (κ1) is 17.1. The first-order chi connectivity index (χ1) is 13.5. The maximum absolute atomic E-state index is 12.5. The Hall–Kier alpha value is -4.28. The number of para-hydroxylation sites is 2. The SMILES string of the molecule is O=C(Cn1c(=O)oc2cc([N+](=O)[O-])ccc21)Nc1ccccc1-n1cncn1. The number of hydrogen-bond donors (Lipinski definition) is 1. The van der Waals surface area contributed by atoms with Gasteiger partial charge in [0, 0.05) is 6.07 Å². The highest BCUT2D eigenvalue weighted by molar-refractivity contribution is 5.93. The largest absolute Gasteiger partial charge is 0.420 e. The average Bonchev–Trinajstić information content (AvgIpc) is 3.30. The fourth-order valence-corrected chi connectivity index (χ4v) is 2.76. The van der Waals surface area contributed by atoms with Crippen LogP contribution in [0, 0.1) is 10.1 Å². The molecule has 0 fully saturated rings. The van der Waals surface area contributed by atoms with E-state index < -0.39 is 16.6 Å². The van der Waals surface area contributed by atoms with Crippen LogP contribution in [-0.4, -0.2) is 30.2 Å². The zero-order valence-electron chi connectivity index (χ0n) is 14.2. The molecule has 4 rings (SSSR count). The highest BCUT2D eigenvalue weighted by Gasteiger charge is 2.17. The van der Waals surface area contributed by atoms with Gasteiger partial charge in [0.2, 0.25) is 5.91 Å². The number of aromatic nitrogens is 4. The highest BCUT2D eigenvalue weighted by Crippen LogP contribution is 2.21. The summed E-state index contributed by atoms with van der Waals surface area (Å²) in [5.41, 5.74) is 1.20. The monoisotopic (exact) mass is 380 g/mol. The molecule has 0 saturated carbocycles. The molecule has 11 heteroatoms. The van der Waals surface area contributed by atoms with E-state index in [9.17, 15) is 19.7 Å². The minimum atomic E-state index is -0.782. The van der Waals surface area contributed by atoms with E-state index in [-0.39, 0.29) is 23.3 Å². The third-order valence-electron chi connectivity index (χ3n) is 4.01. The molecule has 1 N–H and O–H groups in total. The van der Waals surface area contributed by atoms with Gasteiger partial charge in [-0.2, -0.15) is 5.10 Å². The number of nitro groups is 1. The maximum atomic E-state index is 12.5. The predicted molar refractivity (Wildman–Crippen MR) is 97.1 cm³/mol. The molecule has 11 nitrogen and oxygen atoms in total. The second kappa shape index (κ2) is 6.79. The van der Waals surface area contributed by atoms with E-state index in [0.717, 1.165) is 10.6 Å². The number of fused-ring (bicyclic) bond motifs is 1. The van der Waals surface area contributed by atoms with Crippen LogP contribution in [0.1, 0.15) is 0 Å². The molecule has 1 amide bonds. The quantitative estimate of drug-likeness (QED) is 0.411. The molecular formula is C17H12N6O5. The molecule has 4 aromatic rings. The van der Waals surface area contributed by atoms with Crippen molar-refractivity contribution in [3.63, 3.8) is 0 Å². The number of nitro benzene ring substituents is 1. The Morgan fingerprint density at radius 2 is 2.07 bits per heavy atom. The van der Waals surface area contributed by atoms with Gasteiger partial charge in [-0.05, 0) is 18.2 Å². The van der Waals surface area contributed by atoms with Crippen molar-refractivity contribution in [3.8, 4) is 5.69 Å². The molecule has 28 heavy (non-hydrogen) atoms. The minimum Gasteiger partial charge on any atom is -0.407 e. The van der Waals surface area contributed by atoms with Crippen molar-refractivity contribution in [2.24, 2.45) is 0 Å². The van der Waals surface area contributed by atoms with E-state index in [1.165, 1.54) is 29.5 Å². The third-order valence-corrected chi connectivity index (χ3v) is 4.01. The molecule has 0 aliphatic heterocycles. The van der Waals surface area contributed by atoms with Crippen molar-refractivity contribution < 1.29 is 14.1 Å². The molecule has 0 aliphatic rings. The summed E-state index contributed by atoms with van der Waals surface area (Å²) in [6.07, 6.45) is 2.86. The number of rotatable bonds is 5. The van der Waals surface area contributed by atoms with Gasteiger partial charge in [-0.15, -0.1) is 0 Å². The van der Waals surface area contributed by atoms with Crippen LogP contribution in [0.4, 0.5) is 11.4 Å². The summed E-state index contributed by atoms with van der Waals surface area (Å²) in [4.78, 5) is 38.7. The van der Waals surface area contributed by atoms with Gasteiger partial charge in [0.15, 0.2) is 5.58 Å². The lowest BCUT2D eigenvalue weighted by atomic mass is 10.2.